The summed E-state index contributed by atoms with van der Waals surface area (Å²) in [5.41, 5.74) is 5.78. The van der Waals surface area contributed by atoms with Crippen molar-refractivity contribution >= 4 is 23.5 Å². The standard InChI is InChI=1S/C21H24N2O3S/c1-21(2,3)14-5-6-15-16(11-27-19(15)9-14)20(24)23-22-10-13-4-7-17-18(8-13)26-12-25-17/h4,7-8,10-11,14H,5-6,9,12H2,1-3H3,(H,23,24)/b22-10-/t14-/m1/s1. The van der Waals surface area contributed by atoms with Crippen LogP contribution in [0, 0.1) is 11.3 Å². The van der Waals surface area contributed by atoms with Crippen molar-refractivity contribution in [2.24, 2.45) is 16.4 Å². The second kappa shape index (κ2) is 7.00. The molecule has 1 aromatic heterocycles. The minimum absolute atomic E-state index is 0.140. The zero-order chi connectivity index (χ0) is 19.0. The SMILES string of the molecule is CC(C)(C)[C@@H]1CCc2c(C(=O)N/N=C\c3ccc4c(c3)OCO4)csc2C1. The van der Waals surface area contributed by atoms with E-state index >= 15 is 0 Å². The molecule has 0 fully saturated rings. The van der Waals surface area contributed by atoms with Gasteiger partial charge in [-0.2, -0.15) is 5.10 Å². The summed E-state index contributed by atoms with van der Waals surface area (Å²) in [7, 11) is 0. The Morgan fingerprint density at radius 1 is 1.30 bits per heavy atom. The van der Waals surface area contributed by atoms with E-state index in [1.807, 2.05) is 23.6 Å². The van der Waals surface area contributed by atoms with Crippen LogP contribution in [0.4, 0.5) is 0 Å². The van der Waals surface area contributed by atoms with Crippen LogP contribution in [0.15, 0.2) is 28.7 Å². The zero-order valence-electron chi connectivity index (χ0n) is 15.9. The van der Waals surface area contributed by atoms with Gasteiger partial charge in [0.25, 0.3) is 5.91 Å². The number of hydrogen-bond acceptors (Lipinski definition) is 5. The molecule has 4 rings (SSSR count). The van der Waals surface area contributed by atoms with Crippen LogP contribution in [0.3, 0.4) is 0 Å². The molecule has 1 aliphatic heterocycles. The molecule has 2 aliphatic rings. The Labute approximate surface area is 163 Å². The van der Waals surface area contributed by atoms with E-state index in [1.165, 1.54) is 10.4 Å². The maximum absolute atomic E-state index is 12.6. The highest BCUT2D eigenvalue weighted by Crippen LogP contribution is 2.40. The predicted molar refractivity (Wildman–Crippen MR) is 107 cm³/mol. The van der Waals surface area contributed by atoms with Gasteiger partial charge in [0, 0.05) is 10.3 Å². The van der Waals surface area contributed by atoms with Crippen LogP contribution in [0.25, 0.3) is 0 Å². The van der Waals surface area contributed by atoms with Gasteiger partial charge in [-0.05, 0) is 59.9 Å². The molecular weight excluding hydrogens is 360 g/mol. The number of fused-ring (bicyclic) bond motifs is 2. The molecular formula is C21H24N2O3S. The van der Waals surface area contributed by atoms with E-state index in [9.17, 15) is 4.79 Å². The Balaban J connectivity index is 1.42. The second-order valence-electron chi connectivity index (χ2n) is 8.17. The molecule has 0 saturated carbocycles. The molecule has 0 bridgehead atoms. The molecule has 1 amide bonds. The normalized spacial score (nSPS) is 18.6. The fourth-order valence-corrected chi connectivity index (χ4v) is 4.82. The average molecular weight is 385 g/mol. The highest BCUT2D eigenvalue weighted by Gasteiger charge is 2.31. The second-order valence-corrected chi connectivity index (χ2v) is 9.13. The Morgan fingerprint density at radius 3 is 2.93 bits per heavy atom. The maximum atomic E-state index is 12.6. The number of nitrogens with one attached hydrogen (secondary N) is 1. The number of thiophene rings is 1. The van der Waals surface area contributed by atoms with Crippen molar-refractivity contribution < 1.29 is 14.3 Å². The molecule has 142 valence electrons. The van der Waals surface area contributed by atoms with Gasteiger partial charge in [0.1, 0.15) is 0 Å². The summed E-state index contributed by atoms with van der Waals surface area (Å²) in [5, 5.41) is 6.08. The highest BCUT2D eigenvalue weighted by atomic mass is 32.1. The number of rotatable bonds is 3. The maximum Gasteiger partial charge on any atom is 0.272 e. The summed E-state index contributed by atoms with van der Waals surface area (Å²) < 4.78 is 10.6. The van der Waals surface area contributed by atoms with Gasteiger partial charge >= 0.3 is 0 Å². The van der Waals surface area contributed by atoms with Crippen molar-refractivity contribution in [3.05, 3.63) is 45.1 Å². The molecule has 1 atom stereocenters. The Hall–Kier alpha value is -2.34. The third-order valence-corrected chi connectivity index (χ3v) is 6.45. The number of benzene rings is 1. The fourth-order valence-electron chi connectivity index (χ4n) is 3.66. The Kier molecular flexibility index (Phi) is 4.68. The number of carbonyl (C=O) groups is 1. The minimum atomic E-state index is -0.140. The third-order valence-electron chi connectivity index (χ3n) is 5.40. The van der Waals surface area contributed by atoms with Crippen molar-refractivity contribution in [2.75, 3.05) is 6.79 Å². The van der Waals surface area contributed by atoms with Crippen LogP contribution in [-0.4, -0.2) is 18.9 Å². The number of nitrogens with zero attached hydrogens (tertiary/aromatic N) is 1. The first kappa shape index (κ1) is 18.0. The van der Waals surface area contributed by atoms with E-state index in [-0.39, 0.29) is 12.7 Å². The van der Waals surface area contributed by atoms with Gasteiger partial charge in [0.2, 0.25) is 6.79 Å². The van der Waals surface area contributed by atoms with Crippen LogP contribution in [0.2, 0.25) is 0 Å². The van der Waals surface area contributed by atoms with Gasteiger partial charge < -0.3 is 9.47 Å². The van der Waals surface area contributed by atoms with Crippen LogP contribution in [0.5, 0.6) is 11.5 Å². The molecule has 1 N–H and O–H groups in total. The predicted octanol–water partition coefficient (Wildman–Crippen LogP) is 4.39. The zero-order valence-corrected chi connectivity index (χ0v) is 16.7. The van der Waals surface area contributed by atoms with Crippen molar-refractivity contribution in [3.8, 4) is 11.5 Å². The Morgan fingerprint density at radius 2 is 2.11 bits per heavy atom. The van der Waals surface area contributed by atoms with E-state index in [2.05, 4.69) is 31.3 Å². The first-order chi connectivity index (χ1) is 12.9. The lowest BCUT2D eigenvalue weighted by atomic mass is 9.72. The van der Waals surface area contributed by atoms with Crippen LogP contribution >= 0.6 is 11.3 Å². The van der Waals surface area contributed by atoms with Crippen molar-refractivity contribution in [1.82, 2.24) is 5.43 Å². The number of amides is 1. The van der Waals surface area contributed by atoms with Gasteiger partial charge in [0.15, 0.2) is 11.5 Å². The molecule has 6 heteroatoms. The lowest BCUT2D eigenvalue weighted by molar-refractivity contribution is 0.0954. The van der Waals surface area contributed by atoms with Crippen LogP contribution in [0.1, 0.15) is 53.6 Å². The molecule has 1 aromatic carbocycles. The molecule has 27 heavy (non-hydrogen) atoms. The lowest BCUT2D eigenvalue weighted by Gasteiger charge is -2.33. The molecule has 2 heterocycles. The highest BCUT2D eigenvalue weighted by molar-refractivity contribution is 7.10. The molecule has 1 aliphatic carbocycles. The van der Waals surface area contributed by atoms with Crippen LogP contribution < -0.4 is 14.9 Å². The summed E-state index contributed by atoms with van der Waals surface area (Å²) in [4.78, 5) is 13.9. The lowest BCUT2D eigenvalue weighted by Crippen LogP contribution is -2.27. The molecule has 5 nitrogen and oxygen atoms in total. The summed E-state index contributed by atoms with van der Waals surface area (Å²) in [6, 6.07) is 5.56. The summed E-state index contributed by atoms with van der Waals surface area (Å²) in [6.07, 6.45) is 4.79. The average Bonchev–Trinajstić information content (AvgIpc) is 3.26. The first-order valence-electron chi connectivity index (χ1n) is 9.24. The van der Waals surface area contributed by atoms with E-state index < -0.39 is 0 Å². The smallest absolute Gasteiger partial charge is 0.272 e. The monoisotopic (exact) mass is 384 g/mol. The number of ether oxygens (including phenoxy) is 2. The van der Waals surface area contributed by atoms with E-state index in [0.29, 0.717) is 17.1 Å². The molecule has 0 spiro atoms. The number of hydrogen-bond donors (Lipinski definition) is 1. The summed E-state index contributed by atoms with van der Waals surface area (Å²) >= 11 is 1.70. The summed E-state index contributed by atoms with van der Waals surface area (Å²) in [6.45, 7) is 7.14. The van der Waals surface area contributed by atoms with Crippen molar-refractivity contribution in [1.29, 1.82) is 0 Å². The van der Waals surface area contributed by atoms with Gasteiger partial charge in [0.05, 0.1) is 11.8 Å². The van der Waals surface area contributed by atoms with E-state index in [4.69, 9.17) is 9.47 Å². The molecule has 0 radical (unpaired) electrons. The first-order valence-corrected chi connectivity index (χ1v) is 10.1. The van der Waals surface area contributed by atoms with E-state index in [1.54, 1.807) is 17.6 Å². The van der Waals surface area contributed by atoms with E-state index in [0.717, 1.165) is 36.1 Å². The van der Waals surface area contributed by atoms with Crippen molar-refractivity contribution in [3.63, 3.8) is 0 Å². The third kappa shape index (κ3) is 3.72. The van der Waals surface area contributed by atoms with Gasteiger partial charge in [-0.15, -0.1) is 11.3 Å². The molecule has 0 unspecified atom stereocenters. The topological polar surface area (TPSA) is 59.9 Å². The quantitative estimate of drug-likeness (QED) is 0.631. The largest absolute Gasteiger partial charge is 0.454 e. The number of carbonyl (C=O) groups excluding carboxylic acids is 1. The number of hydrazone groups is 1. The fraction of sp³-hybridized carbons (Fsp3) is 0.429. The van der Waals surface area contributed by atoms with Crippen molar-refractivity contribution in [2.45, 2.75) is 40.0 Å². The van der Waals surface area contributed by atoms with Crippen LogP contribution in [-0.2, 0) is 12.8 Å². The Bertz CT molecular complexity index is 895. The van der Waals surface area contributed by atoms with Gasteiger partial charge in [-0.25, -0.2) is 5.43 Å². The summed E-state index contributed by atoms with van der Waals surface area (Å²) in [5.74, 6) is 1.96. The van der Waals surface area contributed by atoms with Gasteiger partial charge in [-0.3, -0.25) is 4.79 Å². The molecule has 2 aromatic rings. The molecule has 0 saturated heterocycles. The minimum Gasteiger partial charge on any atom is -0.454 e. The van der Waals surface area contributed by atoms with Gasteiger partial charge in [-0.1, -0.05) is 20.8 Å².